The van der Waals surface area contributed by atoms with E-state index in [1.165, 1.54) is 0 Å². The fraction of sp³-hybridized carbons (Fsp3) is 0.214. The molecule has 0 saturated carbocycles. The van der Waals surface area contributed by atoms with Crippen LogP contribution in [0.25, 0.3) is 0 Å². The third-order valence-electron chi connectivity index (χ3n) is 2.53. The Morgan fingerprint density at radius 3 is 3.00 bits per heavy atom. The molecule has 102 valence electrons. The molecule has 5 nitrogen and oxygen atoms in total. The molecule has 0 aliphatic rings. The van der Waals surface area contributed by atoms with Gasteiger partial charge in [-0.15, -0.1) is 0 Å². The summed E-state index contributed by atoms with van der Waals surface area (Å²) in [6, 6.07) is 9.35. The van der Waals surface area contributed by atoms with Gasteiger partial charge in [0.05, 0.1) is 16.1 Å². The maximum atomic E-state index is 8.90. The zero-order valence-corrected chi connectivity index (χ0v) is 12.6. The number of nitrogens with zero attached hydrogens (tertiary/aromatic N) is 3. The molecule has 0 aliphatic heterocycles. The Morgan fingerprint density at radius 2 is 2.25 bits per heavy atom. The van der Waals surface area contributed by atoms with Crippen molar-refractivity contribution in [3.63, 3.8) is 0 Å². The number of anilines is 3. The second kappa shape index (κ2) is 6.87. The molecule has 2 aromatic rings. The van der Waals surface area contributed by atoms with Gasteiger partial charge in [-0.05, 0) is 40.5 Å². The molecule has 2 rings (SSSR count). The minimum atomic E-state index is 0.578. The number of halogens is 1. The van der Waals surface area contributed by atoms with Crippen LogP contribution in [0.3, 0.4) is 0 Å². The lowest BCUT2D eigenvalue weighted by atomic mass is 10.2. The van der Waals surface area contributed by atoms with Crippen molar-refractivity contribution in [1.29, 1.82) is 5.26 Å². The van der Waals surface area contributed by atoms with Crippen molar-refractivity contribution < 1.29 is 0 Å². The Labute approximate surface area is 126 Å². The van der Waals surface area contributed by atoms with Crippen LogP contribution < -0.4 is 10.6 Å². The largest absolute Gasteiger partial charge is 0.354 e. The van der Waals surface area contributed by atoms with Crippen LogP contribution in [-0.4, -0.2) is 16.5 Å². The summed E-state index contributed by atoms with van der Waals surface area (Å²) >= 11 is 3.41. The van der Waals surface area contributed by atoms with E-state index in [1.807, 2.05) is 12.1 Å². The standard InChI is InChI=1S/C14H14BrN5/c1-2-6-17-14-18-9-12(15)13(20-14)19-11-5-3-4-10(7-11)8-16/h3-5,7,9H,2,6H2,1H3,(H2,17,18,19,20). The first-order chi connectivity index (χ1) is 9.72. The molecule has 0 spiro atoms. The summed E-state index contributed by atoms with van der Waals surface area (Å²) in [6.45, 7) is 2.91. The summed E-state index contributed by atoms with van der Waals surface area (Å²) in [7, 11) is 0. The summed E-state index contributed by atoms with van der Waals surface area (Å²) in [5.74, 6) is 1.24. The van der Waals surface area contributed by atoms with Crippen molar-refractivity contribution in [3.05, 3.63) is 40.5 Å². The van der Waals surface area contributed by atoms with Crippen LogP contribution in [0.1, 0.15) is 18.9 Å². The van der Waals surface area contributed by atoms with Gasteiger partial charge >= 0.3 is 0 Å². The van der Waals surface area contributed by atoms with Crippen LogP contribution in [0.4, 0.5) is 17.5 Å². The van der Waals surface area contributed by atoms with Crippen molar-refractivity contribution in [3.8, 4) is 6.07 Å². The van der Waals surface area contributed by atoms with Crippen molar-refractivity contribution in [2.45, 2.75) is 13.3 Å². The Balaban J connectivity index is 2.21. The van der Waals surface area contributed by atoms with Crippen molar-refractivity contribution >= 4 is 33.4 Å². The van der Waals surface area contributed by atoms with Gasteiger partial charge in [-0.2, -0.15) is 10.2 Å². The maximum absolute atomic E-state index is 8.90. The predicted molar refractivity (Wildman–Crippen MR) is 83.0 cm³/mol. The third-order valence-corrected chi connectivity index (χ3v) is 3.11. The molecule has 0 unspecified atom stereocenters. The van der Waals surface area contributed by atoms with E-state index in [-0.39, 0.29) is 0 Å². The molecule has 1 aromatic carbocycles. The van der Waals surface area contributed by atoms with Crippen LogP contribution in [0.5, 0.6) is 0 Å². The SMILES string of the molecule is CCCNc1ncc(Br)c(Nc2cccc(C#N)c2)n1. The minimum Gasteiger partial charge on any atom is -0.354 e. The number of nitrogens with one attached hydrogen (secondary N) is 2. The van der Waals surface area contributed by atoms with Crippen LogP contribution in [0.15, 0.2) is 34.9 Å². The normalized spacial score (nSPS) is 9.85. The van der Waals surface area contributed by atoms with E-state index in [0.29, 0.717) is 17.3 Å². The van der Waals surface area contributed by atoms with Gasteiger partial charge in [0.15, 0.2) is 0 Å². The van der Waals surface area contributed by atoms with E-state index < -0.39 is 0 Å². The van der Waals surface area contributed by atoms with E-state index in [9.17, 15) is 0 Å². The highest BCUT2D eigenvalue weighted by atomic mass is 79.9. The molecule has 20 heavy (non-hydrogen) atoms. The van der Waals surface area contributed by atoms with Crippen molar-refractivity contribution in [1.82, 2.24) is 9.97 Å². The number of rotatable bonds is 5. The molecule has 1 heterocycles. The molecule has 6 heteroatoms. The van der Waals surface area contributed by atoms with Gasteiger partial charge in [0.25, 0.3) is 0 Å². The number of nitriles is 1. The van der Waals surface area contributed by atoms with Gasteiger partial charge < -0.3 is 10.6 Å². The van der Waals surface area contributed by atoms with Gasteiger partial charge in [0.2, 0.25) is 5.95 Å². The van der Waals surface area contributed by atoms with Crippen molar-refractivity contribution in [2.24, 2.45) is 0 Å². The predicted octanol–water partition coefficient (Wildman–Crippen LogP) is 3.68. The first-order valence-electron chi connectivity index (χ1n) is 6.26. The van der Waals surface area contributed by atoms with Crippen LogP contribution in [0.2, 0.25) is 0 Å². The smallest absolute Gasteiger partial charge is 0.224 e. The summed E-state index contributed by atoms with van der Waals surface area (Å²) in [6.07, 6.45) is 2.70. The molecule has 0 fully saturated rings. The summed E-state index contributed by atoms with van der Waals surface area (Å²) in [4.78, 5) is 8.59. The van der Waals surface area contributed by atoms with Crippen LogP contribution in [0, 0.1) is 11.3 Å². The van der Waals surface area contributed by atoms with Gasteiger partial charge in [-0.25, -0.2) is 4.98 Å². The lowest BCUT2D eigenvalue weighted by Crippen LogP contribution is -2.06. The zero-order chi connectivity index (χ0) is 14.4. The summed E-state index contributed by atoms with van der Waals surface area (Å²) in [5.41, 5.74) is 1.41. The lowest BCUT2D eigenvalue weighted by Gasteiger charge is -2.10. The highest BCUT2D eigenvalue weighted by molar-refractivity contribution is 9.10. The third kappa shape index (κ3) is 3.68. The highest BCUT2D eigenvalue weighted by Crippen LogP contribution is 2.24. The first kappa shape index (κ1) is 14.3. The fourth-order valence-electron chi connectivity index (χ4n) is 1.58. The average molecular weight is 332 g/mol. The molecular weight excluding hydrogens is 318 g/mol. The topological polar surface area (TPSA) is 73.6 Å². The van der Waals surface area contributed by atoms with Gasteiger partial charge in [0, 0.05) is 18.4 Å². The molecule has 0 saturated heterocycles. The minimum absolute atomic E-state index is 0.578. The maximum Gasteiger partial charge on any atom is 0.224 e. The Hall–Kier alpha value is -2.13. The Bertz CT molecular complexity index is 636. The second-order valence-corrected chi connectivity index (χ2v) is 4.99. The quantitative estimate of drug-likeness (QED) is 0.874. The van der Waals surface area contributed by atoms with Gasteiger partial charge in [0.1, 0.15) is 5.82 Å². The van der Waals surface area contributed by atoms with Crippen molar-refractivity contribution in [2.75, 3.05) is 17.2 Å². The molecule has 0 amide bonds. The fourth-order valence-corrected chi connectivity index (χ4v) is 1.87. The zero-order valence-electron chi connectivity index (χ0n) is 11.0. The Morgan fingerprint density at radius 1 is 1.40 bits per heavy atom. The summed E-state index contributed by atoms with van der Waals surface area (Å²) in [5, 5.41) is 15.2. The highest BCUT2D eigenvalue weighted by Gasteiger charge is 2.05. The van der Waals surface area contributed by atoms with E-state index >= 15 is 0 Å². The summed E-state index contributed by atoms with van der Waals surface area (Å²) < 4.78 is 0.766. The monoisotopic (exact) mass is 331 g/mol. The lowest BCUT2D eigenvalue weighted by molar-refractivity contribution is 0.952. The van der Waals surface area contributed by atoms with Crippen LogP contribution in [-0.2, 0) is 0 Å². The molecule has 2 N–H and O–H groups in total. The molecule has 0 bridgehead atoms. The Kier molecular flexibility index (Phi) is 4.91. The molecule has 0 radical (unpaired) electrons. The van der Waals surface area contributed by atoms with Crippen LogP contribution >= 0.6 is 15.9 Å². The molecular formula is C14H14BrN5. The average Bonchev–Trinajstić information content (AvgIpc) is 2.48. The molecule has 1 aromatic heterocycles. The number of benzene rings is 1. The number of hydrogen-bond donors (Lipinski definition) is 2. The van der Waals surface area contributed by atoms with Gasteiger partial charge in [-0.3, -0.25) is 0 Å². The first-order valence-corrected chi connectivity index (χ1v) is 7.06. The van der Waals surface area contributed by atoms with E-state index in [0.717, 1.165) is 23.1 Å². The second-order valence-electron chi connectivity index (χ2n) is 4.13. The van der Waals surface area contributed by atoms with Gasteiger partial charge in [-0.1, -0.05) is 13.0 Å². The van der Waals surface area contributed by atoms with E-state index in [2.05, 4.69) is 49.5 Å². The number of hydrogen-bond acceptors (Lipinski definition) is 5. The van der Waals surface area contributed by atoms with E-state index in [1.54, 1.807) is 18.3 Å². The number of aromatic nitrogens is 2. The molecule has 0 aliphatic carbocycles. The molecule has 0 atom stereocenters. The van der Waals surface area contributed by atoms with E-state index in [4.69, 9.17) is 5.26 Å².